The number of likely N-dealkylation sites (N-methyl/N-ethyl adjacent to an activating group) is 1. The van der Waals surface area contributed by atoms with Crippen LogP contribution in [0.2, 0.25) is 0 Å². The highest BCUT2D eigenvalue weighted by Crippen LogP contribution is 2.24. The summed E-state index contributed by atoms with van der Waals surface area (Å²) in [6.45, 7) is 0.744. The van der Waals surface area contributed by atoms with Crippen molar-refractivity contribution in [3.05, 3.63) is 66.2 Å². The highest BCUT2D eigenvalue weighted by Gasteiger charge is 2.04. The zero-order chi connectivity index (χ0) is 14.2. The first-order valence-corrected chi connectivity index (χ1v) is 6.55. The van der Waals surface area contributed by atoms with Crippen LogP contribution in [-0.4, -0.2) is 20.7 Å². The van der Waals surface area contributed by atoms with Gasteiger partial charge in [0.15, 0.2) is 0 Å². The number of nitrogens with one attached hydrogen (secondary N) is 1. The van der Waals surface area contributed by atoms with E-state index in [9.17, 15) is 0 Å². The van der Waals surface area contributed by atoms with Gasteiger partial charge in [-0.15, -0.1) is 0 Å². The van der Waals surface area contributed by atoms with Gasteiger partial charge in [0.2, 0.25) is 0 Å². The second kappa shape index (κ2) is 7.36. The Kier molecular flexibility index (Phi) is 5.21. The molecule has 0 aliphatic heterocycles. The van der Waals surface area contributed by atoms with Crippen molar-refractivity contribution in [2.75, 3.05) is 20.7 Å². The third-order valence-corrected chi connectivity index (χ3v) is 2.82. The van der Waals surface area contributed by atoms with Crippen molar-refractivity contribution in [2.45, 2.75) is 0 Å². The molecule has 2 aromatic carbocycles. The summed E-state index contributed by atoms with van der Waals surface area (Å²) >= 11 is 0. The van der Waals surface area contributed by atoms with E-state index in [1.54, 1.807) is 7.11 Å². The van der Waals surface area contributed by atoms with E-state index < -0.39 is 0 Å². The average Bonchev–Trinajstić information content (AvgIpc) is 2.52. The predicted molar refractivity (Wildman–Crippen MR) is 82.0 cm³/mol. The van der Waals surface area contributed by atoms with Gasteiger partial charge in [0.1, 0.15) is 17.3 Å². The summed E-state index contributed by atoms with van der Waals surface area (Å²) in [7, 11) is 3.55. The monoisotopic (exact) mass is 269 g/mol. The lowest BCUT2D eigenvalue weighted by atomic mass is 10.2. The molecule has 0 unspecified atom stereocenters. The Morgan fingerprint density at radius 3 is 2.50 bits per heavy atom. The van der Waals surface area contributed by atoms with E-state index >= 15 is 0 Å². The molecule has 104 valence electrons. The number of ether oxygens (including phenoxy) is 2. The Bertz CT molecular complexity index is 564. The Hall–Kier alpha value is -2.26. The first-order valence-electron chi connectivity index (χ1n) is 6.55. The number of methoxy groups -OCH3 is 1. The van der Waals surface area contributed by atoms with Crippen LogP contribution in [-0.2, 0) is 0 Å². The Morgan fingerprint density at radius 1 is 1.05 bits per heavy atom. The zero-order valence-electron chi connectivity index (χ0n) is 11.8. The third kappa shape index (κ3) is 3.87. The van der Waals surface area contributed by atoms with Crippen LogP contribution < -0.4 is 14.8 Å². The van der Waals surface area contributed by atoms with Crippen molar-refractivity contribution in [2.24, 2.45) is 0 Å². The Balaban J connectivity index is 2.24. The van der Waals surface area contributed by atoms with Crippen LogP contribution in [0.5, 0.6) is 11.5 Å². The van der Waals surface area contributed by atoms with Crippen molar-refractivity contribution in [1.82, 2.24) is 5.32 Å². The van der Waals surface area contributed by atoms with E-state index in [2.05, 4.69) is 5.32 Å². The van der Waals surface area contributed by atoms with Crippen LogP contribution in [0.4, 0.5) is 0 Å². The van der Waals surface area contributed by atoms with Crippen LogP contribution >= 0.6 is 0 Å². The van der Waals surface area contributed by atoms with Gasteiger partial charge in [0.25, 0.3) is 0 Å². The van der Waals surface area contributed by atoms with Gasteiger partial charge in [-0.25, -0.2) is 0 Å². The summed E-state index contributed by atoms with van der Waals surface area (Å²) in [5.74, 6) is 2.37. The molecular formula is C17H19NO2. The smallest absolute Gasteiger partial charge is 0.131 e. The highest BCUT2D eigenvalue weighted by atomic mass is 16.5. The van der Waals surface area contributed by atoms with E-state index in [1.165, 1.54) is 0 Å². The Morgan fingerprint density at radius 2 is 1.80 bits per heavy atom. The van der Waals surface area contributed by atoms with Crippen molar-refractivity contribution >= 4 is 5.76 Å². The van der Waals surface area contributed by atoms with Crippen LogP contribution in [0.15, 0.2) is 60.7 Å². The predicted octanol–water partition coefficient (Wildman–Crippen LogP) is 3.33. The minimum Gasteiger partial charge on any atom is -0.497 e. The molecule has 0 saturated heterocycles. The topological polar surface area (TPSA) is 30.5 Å². The molecule has 2 rings (SSSR count). The molecular weight excluding hydrogens is 250 g/mol. The van der Waals surface area contributed by atoms with E-state index in [4.69, 9.17) is 9.47 Å². The van der Waals surface area contributed by atoms with Gasteiger partial charge >= 0.3 is 0 Å². The molecule has 0 aromatic heterocycles. The Labute approximate surface area is 119 Å². The molecule has 3 heteroatoms. The summed E-state index contributed by atoms with van der Waals surface area (Å²) < 4.78 is 11.2. The van der Waals surface area contributed by atoms with Crippen molar-refractivity contribution in [1.29, 1.82) is 0 Å². The fourth-order valence-electron chi connectivity index (χ4n) is 1.81. The SMILES string of the molecule is CNC/C=C(/Oc1cccc(OC)c1)c1ccccc1. The van der Waals surface area contributed by atoms with Gasteiger partial charge in [-0.05, 0) is 25.3 Å². The summed E-state index contributed by atoms with van der Waals surface area (Å²) in [5, 5.41) is 3.10. The first kappa shape index (κ1) is 14.2. The minimum absolute atomic E-state index is 0.744. The number of hydrogen-bond donors (Lipinski definition) is 1. The van der Waals surface area contributed by atoms with Crippen LogP contribution in [0.25, 0.3) is 5.76 Å². The normalized spacial score (nSPS) is 11.2. The van der Waals surface area contributed by atoms with Gasteiger partial charge < -0.3 is 14.8 Å². The van der Waals surface area contributed by atoms with Gasteiger partial charge in [-0.1, -0.05) is 36.4 Å². The molecule has 0 heterocycles. The maximum Gasteiger partial charge on any atom is 0.131 e. The van der Waals surface area contributed by atoms with E-state index in [1.807, 2.05) is 67.7 Å². The minimum atomic E-state index is 0.744. The summed E-state index contributed by atoms with van der Waals surface area (Å²) in [6.07, 6.45) is 2.02. The molecule has 0 spiro atoms. The summed E-state index contributed by atoms with van der Waals surface area (Å²) in [4.78, 5) is 0. The lowest BCUT2D eigenvalue weighted by molar-refractivity contribution is 0.410. The average molecular weight is 269 g/mol. The molecule has 0 atom stereocenters. The lowest BCUT2D eigenvalue weighted by Gasteiger charge is -2.11. The van der Waals surface area contributed by atoms with E-state index in [0.29, 0.717) is 0 Å². The first-order chi connectivity index (χ1) is 9.83. The molecule has 0 radical (unpaired) electrons. The van der Waals surface area contributed by atoms with E-state index in [0.717, 1.165) is 29.4 Å². The molecule has 3 nitrogen and oxygen atoms in total. The third-order valence-electron chi connectivity index (χ3n) is 2.82. The quantitative estimate of drug-likeness (QED) is 0.816. The second-order valence-electron chi connectivity index (χ2n) is 4.27. The molecule has 0 aliphatic carbocycles. The summed E-state index contributed by atoms with van der Waals surface area (Å²) in [6, 6.07) is 17.6. The zero-order valence-corrected chi connectivity index (χ0v) is 11.8. The fraction of sp³-hybridized carbons (Fsp3) is 0.176. The number of rotatable bonds is 6. The molecule has 0 amide bonds. The van der Waals surface area contributed by atoms with Crippen molar-refractivity contribution in [3.8, 4) is 11.5 Å². The maximum atomic E-state index is 5.99. The van der Waals surface area contributed by atoms with Crippen LogP contribution in [0.1, 0.15) is 5.56 Å². The van der Waals surface area contributed by atoms with E-state index in [-0.39, 0.29) is 0 Å². The van der Waals surface area contributed by atoms with Gasteiger partial charge in [-0.3, -0.25) is 0 Å². The van der Waals surface area contributed by atoms with Gasteiger partial charge in [0, 0.05) is 18.2 Å². The largest absolute Gasteiger partial charge is 0.497 e. The van der Waals surface area contributed by atoms with Crippen LogP contribution in [0, 0.1) is 0 Å². The highest BCUT2D eigenvalue weighted by molar-refractivity contribution is 5.62. The standard InChI is InChI=1S/C17H19NO2/c1-18-12-11-17(14-7-4-3-5-8-14)20-16-10-6-9-15(13-16)19-2/h3-11,13,18H,12H2,1-2H3/b17-11+. The number of benzene rings is 2. The number of hydrogen-bond acceptors (Lipinski definition) is 3. The summed E-state index contributed by atoms with van der Waals surface area (Å²) in [5.41, 5.74) is 1.05. The molecule has 20 heavy (non-hydrogen) atoms. The molecule has 0 bridgehead atoms. The van der Waals surface area contributed by atoms with Gasteiger partial charge in [-0.2, -0.15) is 0 Å². The van der Waals surface area contributed by atoms with Gasteiger partial charge in [0.05, 0.1) is 7.11 Å². The van der Waals surface area contributed by atoms with Crippen molar-refractivity contribution in [3.63, 3.8) is 0 Å². The molecule has 0 saturated carbocycles. The molecule has 0 fully saturated rings. The lowest BCUT2D eigenvalue weighted by Crippen LogP contribution is -2.07. The van der Waals surface area contributed by atoms with Crippen molar-refractivity contribution < 1.29 is 9.47 Å². The fourth-order valence-corrected chi connectivity index (χ4v) is 1.81. The molecule has 0 aliphatic rings. The second-order valence-corrected chi connectivity index (χ2v) is 4.27. The van der Waals surface area contributed by atoms with Crippen LogP contribution in [0.3, 0.4) is 0 Å². The molecule has 2 aromatic rings. The maximum absolute atomic E-state index is 5.99. The molecule has 1 N–H and O–H groups in total.